The minimum absolute atomic E-state index is 0.00260. The minimum Gasteiger partial charge on any atom is -0.274 e. The molecule has 0 saturated carbocycles. The number of amides is 1. The van der Waals surface area contributed by atoms with Crippen LogP contribution in [-0.4, -0.2) is 30.8 Å². The van der Waals surface area contributed by atoms with E-state index in [0.717, 1.165) is 11.3 Å². The third-order valence-electron chi connectivity index (χ3n) is 3.92. The summed E-state index contributed by atoms with van der Waals surface area (Å²) >= 11 is 0. The van der Waals surface area contributed by atoms with Gasteiger partial charge in [-0.3, -0.25) is 14.6 Å². The maximum absolute atomic E-state index is 12.4. The second kappa shape index (κ2) is 6.62. The van der Waals surface area contributed by atoms with E-state index in [-0.39, 0.29) is 11.9 Å². The number of nitrogens with zero attached hydrogens (tertiary/aromatic N) is 3. The van der Waals surface area contributed by atoms with Gasteiger partial charge in [0.05, 0.1) is 18.8 Å². The number of hydrazone groups is 1. The van der Waals surface area contributed by atoms with E-state index < -0.39 is 0 Å². The van der Waals surface area contributed by atoms with Gasteiger partial charge in [-0.1, -0.05) is 48.5 Å². The zero-order chi connectivity index (χ0) is 16.2. The predicted molar refractivity (Wildman–Crippen MR) is 89.9 cm³/mol. The van der Waals surface area contributed by atoms with Crippen LogP contribution in [0.25, 0.3) is 0 Å². The number of anilines is 1. The number of hydrogen-bond acceptors (Lipinski definition) is 4. The van der Waals surface area contributed by atoms with Crippen molar-refractivity contribution >= 4 is 17.3 Å². The van der Waals surface area contributed by atoms with Crippen LogP contribution in [0.2, 0.25) is 0 Å². The second-order valence-corrected chi connectivity index (χ2v) is 5.34. The van der Waals surface area contributed by atoms with E-state index in [9.17, 15) is 4.79 Å². The number of benzene rings is 2. The molecule has 0 spiro atoms. The third kappa shape index (κ3) is 3.10. The molecule has 1 amide bonds. The normalized spacial score (nSPS) is 17.0. The Morgan fingerprint density at radius 1 is 1.13 bits per heavy atom. The van der Waals surface area contributed by atoms with Gasteiger partial charge in [-0.15, -0.1) is 0 Å². The van der Waals surface area contributed by atoms with Crippen LogP contribution in [0.15, 0.2) is 65.8 Å². The molecule has 0 saturated heterocycles. The molecule has 1 atom stereocenters. The van der Waals surface area contributed by atoms with Gasteiger partial charge in [0.2, 0.25) is 0 Å². The molecule has 118 valence electrons. The lowest BCUT2D eigenvalue weighted by molar-refractivity contribution is -0.160. The summed E-state index contributed by atoms with van der Waals surface area (Å²) in [6.07, 6.45) is 0.547. The summed E-state index contributed by atoms with van der Waals surface area (Å²) in [5.74, 6) is -0.216. The molecule has 0 unspecified atom stereocenters. The van der Waals surface area contributed by atoms with E-state index in [4.69, 9.17) is 4.84 Å². The number of hydrogen-bond donors (Lipinski definition) is 0. The number of para-hydroxylation sites is 1. The number of hydroxylamine groups is 2. The summed E-state index contributed by atoms with van der Waals surface area (Å²) < 4.78 is 0. The molecule has 23 heavy (non-hydrogen) atoms. The van der Waals surface area contributed by atoms with Crippen molar-refractivity contribution < 1.29 is 9.63 Å². The van der Waals surface area contributed by atoms with E-state index >= 15 is 0 Å². The molecule has 2 aromatic rings. The van der Waals surface area contributed by atoms with Gasteiger partial charge in [-0.05, 0) is 17.7 Å². The number of carbonyl (C=O) groups excluding carboxylic acids is 1. The van der Waals surface area contributed by atoms with Crippen molar-refractivity contribution in [1.82, 2.24) is 5.06 Å². The first kappa shape index (κ1) is 15.2. The third-order valence-corrected chi connectivity index (χ3v) is 3.92. The lowest BCUT2D eigenvalue weighted by atomic mass is 10.0. The smallest absolute Gasteiger partial charge is 0.274 e. The summed E-state index contributed by atoms with van der Waals surface area (Å²) in [5.41, 5.74) is 2.58. The van der Waals surface area contributed by atoms with Crippen molar-refractivity contribution in [2.45, 2.75) is 12.5 Å². The average molecular weight is 309 g/mol. The molecule has 0 radical (unpaired) electrons. The van der Waals surface area contributed by atoms with E-state index in [2.05, 4.69) is 17.2 Å². The molecular formula is C18H19N3O2. The Bertz CT molecular complexity index is 701. The first-order valence-electron chi connectivity index (χ1n) is 7.49. The molecule has 0 bridgehead atoms. The summed E-state index contributed by atoms with van der Waals surface area (Å²) in [6, 6.07) is 20.0. The second-order valence-electron chi connectivity index (χ2n) is 5.34. The fraction of sp³-hybridized carbons (Fsp3) is 0.222. The van der Waals surface area contributed by atoms with Gasteiger partial charge in [0, 0.05) is 13.5 Å². The van der Waals surface area contributed by atoms with Crippen LogP contribution in [-0.2, 0) is 9.63 Å². The van der Waals surface area contributed by atoms with Crippen molar-refractivity contribution in [3.63, 3.8) is 0 Å². The zero-order valence-electron chi connectivity index (χ0n) is 13.2. The van der Waals surface area contributed by atoms with Crippen LogP contribution in [0.4, 0.5) is 5.69 Å². The van der Waals surface area contributed by atoms with Gasteiger partial charge in [0.25, 0.3) is 5.91 Å². The van der Waals surface area contributed by atoms with Crippen molar-refractivity contribution in [3.05, 3.63) is 66.2 Å². The van der Waals surface area contributed by atoms with E-state index in [1.54, 1.807) is 7.05 Å². The average Bonchev–Trinajstić information content (AvgIpc) is 3.07. The molecule has 0 aliphatic carbocycles. The molecule has 5 heteroatoms. The number of rotatable bonds is 4. The Labute approximate surface area is 135 Å². The molecule has 0 fully saturated rings. The van der Waals surface area contributed by atoms with Gasteiger partial charge < -0.3 is 0 Å². The summed E-state index contributed by atoms with van der Waals surface area (Å²) in [5, 5.41) is 7.68. The fourth-order valence-electron chi connectivity index (χ4n) is 2.66. The highest BCUT2D eigenvalue weighted by Crippen LogP contribution is 2.35. The van der Waals surface area contributed by atoms with E-state index in [1.807, 2.05) is 53.5 Å². The standard InChI is InChI=1S/C18H19N3O2/c1-20(23-2)18(22)16-13-17(14-9-5-3-6-10-14)21(19-16)15-11-7-4-8-12-15/h3-12,17H,13H2,1-2H3/t17-/m1/s1. The van der Waals surface area contributed by atoms with Crippen LogP contribution in [0.3, 0.4) is 0 Å². The molecule has 0 N–H and O–H groups in total. The molecule has 1 aliphatic rings. The Balaban J connectivity index is 1.96. The van der Waals surface area contributed by atoms with Crippen LogP contribution in [0.1, 0.15) is 18.0 Å². The predicted octanol–water partition coefficient (Wildman–Crippen LogP) is 3.01. The van der Waals surface area contributed by atoms with Crippen LogP contribution < -0.4 is 5.01 Å². The molecule has 5 nitrogen and oxygen atoms in total. The minimum atomic E-state index is -0.216. The molecule has 3 rings (SSSR count). The Morgan fingerprint density at radius 3 is 2.35 bits per heavy atom. The van der Waals surface area contributed by atoms with Gasteiger partial charge in [0.15, 0.2) is 0 Å². The Hall–Kier alpha value is -2.66. The van der Waals surface area contributed by atoms with Crippen molar-refractivity contribution in [2.24, 2.45) is 5.10 Å². The lowest BCUT2D eigenvalue weighted by Crippen LogP contribution is -2.31. The van der Waals surface area contributed by atoms with Gasteiger partial charge in [-0.25, -0.2) is 5.06 Å². The van der Waals surface area contributed by atoms with Crippen molar-refractivity contribution in [1.29, 1.82) is 0 Å². The SMILES string of the molecule is CON(C)C(=O)C1=NN(c2ccccc2)[C@@H](c2ccccc2)C1. The van der Waals surface area contributed by atoms with Crippen LogP contribution in [0.5, 0.6) is 0 Å². The van der Waals surface area contributed by atoms with Gasteiger partial charge in [0.1, 0.15) is 5.71 Å². The first-order valence-corrected chi connectivity index (χ1v) is 7.49. The molecule has 0 aromatic heterocycles. The lowest BCUT2D eigenvalue weighted by Gasteiger charge is -2.23. The highest BCUT2D eigenvalue weighted by molar-refractivity contribution is 6.39. The maximum Gasteiger partial charge on any atom is 0.293 e. The van der Waals surface area contributed by atoms with Gasteiger partial charge in [-0.2, -0.15) is 5.10 Å². The topological polar surface area (TPSA) is 45.1 Å². The number of carbonyl (C=O) groups is 1. The molecular weight excluding hydrogens is 290 g/mol. The maximum atomic E-state index is 12.4. The Morgan fingerprint density at radius 2 is 1.74 bits per heavy atom. The van der Waals surface area contributed by atoms with Crippen molar-refractivity contribution in [2.75, 3.05) is 19.2 Å². The fourth-order valence-corrected chi connectivity index (χ4v) is 2.66. The summed E-state index contributed by atoms with van der Waals surface area (Å²) in [6.45, 7) is 0. The highest BCUT2D eigenvalue weighted by atomic mass is 16.7. The Kier molecular flexibility index (Phi) is 4.39. The monoisotopic (exact) mass is 309 g/mol. The van der Waals surface area contributed by atoms with Crippen LogP contribution >= 0.6 is 0 Å². The highest BCUT2D eigenvalue weighted by Gasteiger charge is 2.33. The first-order chi connectivity index (χ1) is 11.2. The van der Waals surface area contributed by atoms with E-state index in [1.165, 1.54) is 12.2 Å². The summed E-state index contributed by atoms with van der Waals surface area (Å²) in [7, 11) is 3.06. The zero-order valence-corrected chi connectivity index (χ0v) is 13.2. The quantitative estimate of drug-likeness (QED) is 0.816. The molecule has 2 aromatic carbocycles. The molecule has 1 heterocycles. The van der Waals surface area contributed by atoms with Crippen LogP contribution in [0, 0.1) is 0 Å². The van der Waals surface area contributed by atoms with Crippen molar-refractivity contribution in [3.8, 4) is 0 Å². The van der Waals surface area contributed by atoms with Gasteiger partial charge >= 0.3 is 0 Å². The van der Waals surface area contributed by atoms with E-state index in [0.29, 0.717) is 12.1 Å². The molecule has 1 aliphatic heterocycles. The largest absolute Gasteiger partial charge is 0.293 e. The summed E-state index contributed by atoms with van der Waals surface area (Å²) in [4.78, 5) is 17.4.